The molecule has 7 N–H and O–H groups in total. The van der Waals surface area contributed by atoms with E-state index >= 15 is 0 Å². The highest BCUT2D eigenvalue weighted by molar-refractivity contribution is 5.97. The van der Waals surface area contributed by atoms with Crippen molar-refractivity contribution in [2.75, 3.05) is 5.32 Å². The van der Waals surface area contributed by atoms with Gasteiger partial charge in [0.2, 0.25) is 5.91 Å². The molecule has 0 unspecified atom stereocenters. The van der Waals surface area contributed by atoms with E-state index in [-0.39, 0.29) is 18.0 Å². The van der Waals surface area contributed by atoms with E-state index in [0.29, 0.717) is 11.3 Å². The van der Waals surface area contributed by atoms with E-state index in [0.717, 1.165) is 5.56 Å². The Kier molecular flexibility index (Phi) is 8.09. The van der Waals surface area contributed by atoms with Crippen LogP contribution in [0, 0.1) is 11.8 Å². The Bertz CT molecular complexity index is 1200. The van der Waals surface area contributed by atoms with Gasteiger partial charge in [0.1, 0.15) is 18.8 Å². The second kappa shape index (κ2) is 11.4. The van der Waals surface area contributed by atoms with Crippen molar-refractivity contribution in [2.24, 2.45) is 5.73 Å². The zero-order valence-electron chi connectivity index (χ0n) is 17.8. The summed E-state index contributed by atoms with van der Waals surface area (Å²) in [6.45, 7) is 0.164. The maximum absolute atomic E-state index is 12.3. The number of hydrogen-bond donors (Lipinski definition) is 6. The third-order valence-electron chi connectivity index (χ3n) is 4.57. The highest BCUT2D eigenvalue weighted by Crippen LogP contribution is 2.10. The SMILES string of the molecule is N[C@@H](O)[C@H](NC(=O)c1ccc(C#Cc2ccc(NC(=O)Cn3ccnc3)cc2)cc1)C(=O)NO. The first-order chi connectivity index (χ1) is 16.4. The Morgan fingerprint density at radius 3 is 2.18 bits per heavy atom. The van der Waals surface area contributed by atoms with Gasteiger partial charge in [0.15, 0.2) is 0 Å². The van der Waals surface area contributed by atoms with E-state index in [1.807, 2.05) is 0 Å². The molecule has 34 heavy (non-hydrogen) atoms. The molecule has 0 aliphatic rings. The molecule has 1 aromatic heterocycles. The number of aliphatic hydroxyl groups is 1. The van der Waals surface area contributed by atoms with Crippen LogP contribution in [-0.2, 0) is 16.1 Å². The molecular weight excluding hydrogens is 440 g/mol. The van der Waals surface area contributed by atoms with Crippen molar-refractivity contribution in [1.29, 1.82) is 0 Å². The number of amides is 3. The summed E-state index contributed by atoms with van der Waals surface area (Å²) in [5.41, 5.74) is 8.79. The summed E-state index contributed by atoms with van der Waals surface area (Å²) < 4.78 is 1.66. The van der Waals surface area contributed by atoms with Crippen molar-refractivity contribution < 1.29 is 24.7 Å². The molecule has 3 rings (SSSR count). The molecule has 0 saturated heterocycles. The predicted molar refractivity (Wildman–Crippen MR) is 121 cm³/mol. The van der Waals surface area contributed by atoms with Gasteiger partial charge in [-0.25, -0.2) is 10.5 Å². The van der Waals surface area contributed by atoms with Crippen molar-refractivity contribution in [3.05, 3.63) is 83.9 Å². The molecule has 0 saturated carbocycles. The molecule has 0 bridgehead atoms. The Hall–Kier alpha value is -4.50. The molecule has 11 nitrogen and oxygen atoms in total. The number of nitrogens with one attached hydrogen (secondary N) is 3. The van der Waals surface area contributed by atoms with Gasteiger partial charge in [-0.2, -0.15) is 0 Å². The number of hydrogen-bond acceptors (Lipinski definition) is 7. The summed E-state index contributed by atoms with van der Waals surface area (Å²) >= 11 is 0. The standard InChI is InChI=1S/C23H22N6O5/c24-21(31)20(23(33)28-34)27-22(32)17-7-3-15(4-8-17)1-2-16-5-9-18(10-6-16)26-19(30)13-29-12-11-25-14-29/h3-12,14,20-21,31,34H,13,24H2,(H,26,30)(H,27,32)(H,28,33)/t20-,21-/m0/s1. The van der Waals surface area contributed by atoms with Crippen LogP contribution in [-0.4, -0.2) is 49.9 Å². The average molecular weight is 462 g/mol. The number of imidazole rings is 1. The van der Waals surface area contributed by atoms with Crippen LogP contribution >= 0.6 is 0 Å². The van der Waals surface area contributed by atoms with Gasteiger partial charge >= 0.3 is 0 Å². The summed E-state index contributed by atoms with van der Waals surface area (Å²) in [6, 6.07) is 11.7. The maximum atomic E-state index is 12.3. The Labute approximate surface area is 194 Å². The normalized spacial score (nSPS) is 12.0. The van der Waals surface area contributed by atoms with Crippen LogP contribution < -0.4 is 21.8 Å². The first-order valence-electron chi connectivity index (χ1n) is 10.0. The van der Waals surface area contributed by atoms with Gasteiger partial charge in [-0.05, 0) is 48.5 Å². The molecule has 174 valence electrons. The fourth-order valence-corrected chi connectivity index (χ4v) is 2.83. The second-order valence-electron chi connectivity index (χ2n) is 7.11. The number of carbonyl (C=O) groups excluding carboxylic acids is 3. The molecule has 0 fully saturated rings. The number of rotatable bonds is 7. The van der Waals surface area contributed by atoms with E-state index in [1.54, 1.807) is 59.7 Å². The zero-order chi connectivity index (χ0) is 24.5. The van der Waals surface area contributed by atoms with Crippen LogP contribution in [0.25, 0.3) is 0 Å². The Morgan fingerprint density at radius 1 is 1.03 bits per heavy atom. The van der Waals surface area contributed by atoms with E-state index in [2.05, 4.69) is 27.5 Å². The number of anilines is 1. The average Bonchev–Trinajstić information content (AvgIpc) is 3.34. The van der Waals surface area contributed by atoms with Crippen LogP contribution in [0.2, 0.25) is 0 Å². The van der Waals surface area contributed by atoms with Crippen LogP contribution in [0.15, 0.2) is 67.3 Å². The number of aliphatic hydroxyl groups excluding tert-OH is 1. The van der Waals surface area contributed by atoms with Crippen LogP contribution in [0.1, 0.15) is 21.5 Å². The van der Waals surface area contributed by atoms with Crippen LogP contribution in [0.4, 0.5) is 5.69 Å². The minimum absolute atomic E-state index is 0.164. The molecule has 11 heteroatoms. The number of nitrogens with zero attached hydrogens (tertiary/aromatic N) is 2. The largest absolute Gasteiger partial charge is 0.376 e. The summed E-state index contributed by atoms with van der Waals surface area (Å²) in [7, 11) is 0. The van der Waals surface area contributed by atoms with Crippen molar-refractivity contribution in [2.45, 2.75) is 18.8 Å². The fourth-order valence-electron chi connectivity index (χ4n) is 2.83. The molecule has 0 radical (unpaired) electrons. The molecule has 0 aliphatic carbocycles. The third kappa shape index (κ3) is 6.75. The lowest BCUT2D eigenvalue weighted by atomic mass is 10.1. The topological polar surface area (TPSA) is 172 Å². The quantitative estimate of drug-likeness (QED) is 0.122. The molecule has 0 aliphatic heterocycles. The monoisotopic (exact) mass is 462 g/mol. The van der Waals surface area contributed by atoms with Crippen molar-refractivity contribution in [3.63, 3.8) is 0 Å². The molecule has 0 spiro atoms. The molecule has 3 aromatic rings. The van der Waals surface area contributed by atoms with Gasteiger partial charge < -0.3 is 26.0 Å². The van der Waals surface area contributed by atoms with E-state index in [9.17, 15) is 19.5 Å². The first-order valence-corrected chi connectivity index (χ1v) is 10.0. The lowest BCUT2D eigenvalue weighted by Gasteiger charge is -2.18. The van der Waals surface area contributed by atoms with E-state index in [4.69, 9.17) is 10.9 Å². The van der Waals surface area contributed by atoms with Gasteiger partial charge in [0.05, 0.1) is 6.33 Å². The highest BCUT2D eigenvalue weighted by atomic mass is 16.5. The first kappa shape index (κ1) is 24.1. The number of carbonyl (C=O) groups is 3. The fraction of sp³-hybridized carbons (Fsp3) is 0.130. The van der Waals surface area contributed by atoms with Crippen molar-refractivity contribution in [3.8, 4) is 11.8 Å². The minimum atomic E-state index is -1.70. The van der Waals surface area contributed by atoms with Gasteiger partial charge in [-0.3, -0.25) is 19.6 Å². The summed E-state index contributed by atoms with van der Waals surface area (Å²) in [5, 5.41) is 23.1. The number of aromatic nitrogens is 2. The van der Waals surface area contributed by atoms with Gasteiger partial charge in [0.25, 0.3) is 11.8 Å². The lowest BCUT2D eigenvalue weighted by Crippen LogP contribution is -2.55. The molecule has 2 aromatic carbocycles. The summed E-state index contributed by atoms with van der Waals surface area (Å²) in [4.78, 5) is 39.6. The molecular formula is C23H22N6O5. The summed E-state index contributed by atoms with van der Waals surface area (Å²) in [6.07, 6.45) is 3.17. The summed E-state index contributed by atoms with van der Waals surface area (Å²) in [5.74, 6) is 4.07. The second-order valence-corrected chi connectivity index (χ2v) is 7.11. The number of nitrogens with two attached hydrogens (primary N) is 1. The van der Waals surface area contributed by atoms with Gasteiger partial charge in [0, 0.05) is 34.8 Å². The van der Waals surface area contributed by atoms with Crippen molar-refractivity contribution in [1.82, 2.24) is 20.3 Å². The minimum Gasteiger partial charge on any atom is -0.376 e. The number of hydroxylamine groups is 1. The Morgan fingerprint density at radius 2 is 1.65 bits per heavy atom. The highest BCUT2D eigenvalue weighted by Gasteiger charge is 2.26. The Balaban J connectivity index is 1.58. The van der Waals surface area contributed by atoms with Gasteiger partial charge in [-0.1, -0.05) is 11.8 Å². The number of benzene rings is 2. The van der Waals surface area contributed by atoms with Crippen molar-refractivity contribution >= 4 is 23.4 Å². The van der Waals surface area contributed by atoms with Gasteiger partial charge in [-0.15, -0.1) is 0 Å². The molecule has 3 amide bonds. The van der Waals surface area contributed by atoms with Crippen LogP contribution in [0.3, 0.4) is 0 Å². The molecule has 2 atom stereocenters. The predicted octanol–water partition coefficient (Wildman–Crippen LogP) is -0.197. The van der Waals surface area contributed by atoms with E-state index in [1.165, 1.54) is 17.6 Å². The van der Waals surface area contributed by atoms with Crippen LogP contribution in [0.5, 0.6) is 0 Å². The lowest BCUT2D eigenvalue weighted by molar-refractivity contribution is -0.133. The third-order valence-corrected chi connectivity index (χ3v) is 4.57. The maximum Gasteiger partial charge on any atom is 0.270 e. The smallest absolute Gasteiger partial charge is 0.270 e. The van der Waals surface area contributed by atoms with E-state index < -0.39 is 24.1 Å². The zero-order valence-corrected chi connectivity index (χ0v) is 17.8. The molecule has 1 heterocycles.